The maximum Gasteiger partial charge on any atom is 0.262 e. The maximum atomic E-state index is 11.9. The van der Waals surface area contributed by atoms with Crippen LogP contribution in [0.4, 0.5) is 5.69 Å². The summed E-state index contributed by atoms with van der Waals surface area (Å²) in [7, 11) is 0. The number of carbonyl (C=O) groups excluding carboxylic acids is 2. The van der Waals surface area contributed by atoms with Gasteiger partial charge in [0.15, 0.2) is 6.61 Å². The van der Waals surface area contributed by atoms with Crippen LogP contribution >= 0.6 is 27.5 Å². The first-order valence-corrected chi connectivity index (χ1v) is 7.41. The molecule has 0 atom stereocenters. The van der Waals surface area contributed by atoms with Gasteiger partial charge in [0.25, 0.3) is 11.8 Å². The molecule has 2 rings (SSSR count). The largest absolute Gasteiger partial charge is 0.483 e. The number of rotatable bonds is 5. The van der Waals surface area contributed by atoms with E-state index in [1.165, 1.54) is 12.1 Å². The zero-order valence-corrected chi connectivity index (χ0v) is 13.6. The van der Waals surface area contributed by atoms with Crippen molar-refractivity contribution >= 4 is 45.0 Å². The predicted octanol–water partition coefficient (Wildman–Crippen LogP) is 3.22. The molecule has 2 aromatic carbocycles. The smallest absolute Gasteiger partial charge is 0.262 e. The minimum atomic E-state index is -0.677. The SMILES string of the molecule is NC(=O)c1cc(Cl)ccc1OCC(=O)Nc1ccccc1Br. The Bertz CT molecular complexity index is 722. The number of nitrogens with one attached hydrogen (secondary N) is 1. The van der Waals surface area contributed by atoms with E-state index in [1.807, 2.05) is 6.07 Å². The van der Waals surface area contributed by atoms with E-state index in [0.29, 0.717) is 10.7 Å². The number of amides is 2. The zero-order valence-electron chi connectivity index (χ0n) is 11.3. The van der Waals surface area contributed by atoms with Crippen molar-refractivity contribution in [3.05, 3.63) is 57.5 Å². The standard InChI is InChI=1S/C15H12BrClN2O3/c16-11-3-1-2-4-12(11)19-14(20)8-22-13-6-5-9(17)7-10(13)15(18)21/h1-7H,8H2,(H2,18,21)(H,19,20). The molecule has 5 nitrogen and oxygen atoms in total. The Labute approximate surface area is 140 Å². The van der Waals surface area contributed by atoms with Crippen LogP contribution in [-0.4, -0.2) is 18.4 Å². The number of anilines is 1. The third-order valence-electron chi connectivity index (χ3n) is 2.71. The Balaban J connectivity index is 2.03. The summed E-state index contributed by atoms with van der Waals surface area (Å²) in [5.74, 6) is -0.833. The number of ether oxygens (including phenoxy) is 1. The molecule has 7 heteroatoms. The van der Waals surface area contributed by atoms with E-state index >= 15 is 0 Å². The number of hydrogen-bond donors (Lipinski definition) is 2. The molecule has 0 aliphatic carbocycles. The van der Waals surface area contributed by atoms with Gasteiger partial charge in [0.05, 0.1) is 11.3 Å². The fraction of sp³-hybridized carbons (Fsp3) is 0.0667. The van der Waals surface area contributed by atoms with Gasteiger partial charge in [-0.05, 0) is 46.3 Å². The van der Waals surface area contributed by atoms with Gasteiger partial charge < -0.3 is 15.8 Å². The molecule has 0 aromatic heterocycles. The number of benzene rings is 2. The fourth-order valence-electron chi connectivity index (χ4n) is 1.71. The summed E-state index contributed by atoms with van der Waals surface area (Å²) < 4.78 is 6.10. The summed E-state index contributed by atoms with van der Waals surface area (Å²) in [6, 6.07) is 11.6. The van der Waals surface area contributed by atoms with E-state index in [1.54, 1.807) is 24.3 Å². The van der Waals surface area contributed by atoms with Crippen LogP contribution in [0.15, 0.2) is 46.9 Å². The third-order valence-corrected chi connectivity index (χ3v) is 3.64. The maximum absolute atomic E-state index is 11.9. The van der Waals surface area contributed by atoms with Crippen molar-refractivity contribution in [3.8, 4) is 5.75 Å². The van der Waals surface area contributed by atoms with Gasteiger partial charge in [-0.1, -0.05) is 23.7 Å². The lowest BCUT2D eigenvalue weighted by Gasteiger charge is -2.11. The van der Waals surface area contributed by atoms with Gasteiger partial charge in [-0.25, -0.2) is 0 Å². The highest BCUT2D eigenvalue weighted by atomic mass is 79.9. The molecule has 0 spiro atoms. The molecule has 114 valence electrons. The summed E-state index contributed by atoms with van der Waals surface area (Å²) in [6.45, 7) is -0.261. The first-order valence-electron chi connectivity index (χ1n) is 6.24. The molecule has 3 N–H and O–H groups in total. The van der Waals surface area contributed by atoms with Gasteiger partial charge in [-0.15, -0.1) is 0 Å². The van der Waals surface area contributed by atoms with Crippen LogP contribution in [0.25, 0.3) is 0 Å². The molecule has 0 unspecified atom stereocenters. The summed E-state index contributed by atoms with van der Waals surface area (Å²) >= 11 is 9.13. The summed E-state index contributed by atoms with van der Waals surface area (Å²) in [5.41, 5.74) is 6.00. The van der Waals surface area contributed by atoms with Gasteiger partial charge in [-0.3, -0.25) is 9.59 Å². The molecule has 0 radical (unpaired) electrons. The lowest BCUT2D eigenvalue weighted by molar-refractivity contribution is -0.118. The highest BCUT2D eigenvalue weighted by Gasteiger charge is 2.12. The van der Waals surface area contributed by atoms with Crippen molar-refractivity contribution < 1.29 is 14.3 Å². The average Bonchev–Trinajstić information content (AvgIpc) is 2.48. The van der Waals surface area contributed by atoms with Crippen molar-refractivity contribution in [2.45, 2.75) is 0 Å². The van der Waals surface area contributed by atoms with E-state index in [2.05, 4.69) is 21.2 Å². The van der Waals surface area contributed by atoms with E-state index in [0.717, 1.165) is 4.47 Å². The molecule has 0 aliphatic rings. The predicted molar refractivity (Wildman–Crippen MR) is 88.2 cm³/mol. The van der Waals surface area contributed by atoms with Crippen molar-refractivity contribution in [2.24, 2.45) is 5.73 Å². The van der Waals surface area contributed by atoms with Gasteiger partial charge in [0, 0.05) is 9.50 Å². The zero-order chi connectivity index (χ0) is 16.1. The highest BCUT2D eigenvalue weighted by molar-refractivity contribution is 9.10. The van der Waals surface area contributed by atoms with Crippen LogP contribution in [0, 0.1) is 0 Å². The molecule has 0 aliphatic heterocycles. The molecule has 0 heterocycles. The Morgan fingerprint density at radius 2 is 1.95 bits per heavy atom. The Hall–Kier alpha value is -2.05. The van der Waals surface area contributed by atoms with Gasteiger partial charge >= 0.3 is 0 Å². The van der Waals surface area contributed by atoms with Crippen molar-refractivity contribution in [2.75, 3.05) is 11.9 Å². The topological polar surface area (TPSA) is 81.4 Å². The van der Waals surface area contributed by atoms with Crippen LogP contribution in [0.1, 0.15) is 10.4 Å². The summed E-state index contributed by atoms with van der Waals surface area (Å²) in [5, 5.41) is 3.05. The van der Waals surface area contributed by atoms with Gasteiger partial charge in [-0.2, -0.15) is 0 Å². The molecule has 0 saturated carbocycles. The fourth-order valence-corrected chi connectivity index (χ4v) is 2.27. The van der Waals surface area contributed by atoms with E-state index < -0.39 is 5.91 Å². The number of nitrogens with two attached hydrogens (primary N) is 1. The second-order valence-corrected chi connectivity index (χ2v) is 5.61. The highest BCUT2D eigenvalue weighted by Crippen LogP contribution is 2.23. The molecule has 0 fully saturated rings. The van der Waals surface area contributed by atoms with Gasteiger partial charge in [0.2, 0.25) is 0 Å². The van der Waals surface area contributed by atoms with Crippen molar-refractivity contribution in [1.82, 2.24) is 0 Å². The van der Waals surface area contributed by atoms with E-state index in [-0.39, 0.29) is 23.8 Å². The van der Waals surface area contributed by atoms with Crippen LogP contribution in [0.2, 0.25) is 5.02 Å². The molecular weight excluding hydrogens is 372 g/mol. The van der Waals surface area contributed by atoms with Crippen LogP contribution < -0.4 is 15.8 Å². The first-order chi connectivity index (χ1) is 10.5. The first kappa shape index (κ1) is 16.3. The number of primary amides is 1. The Kier molecular flexibility index (Phi) is 5.41. The molecule has 0 bridgehead atoms. The van der Waals surface area contributed by atoms with Crippen LogP contribution in [0.3, 0.4) is 0 Å². The molecule has 2 aromatic rings. The lowest BCUT2D eigenvalue weighted by Crippen LogP contribution is -2.22. The van der Waals surface area contributed by atoms with Crippen molar-refractivity contribution in [3.63, 3.8) is 0 Å². The number of carbonyl (C=O) groups is 2. The van der Waals surface area contributed by atoms with Crippen LogP contribution in [0.5, 0.6) is 5.75 Å². The average molecular weight is 384 g/mol. The second kappa shape index (κ2) is 7.29. The van der Waals surface area contributed by atoms with E-state index in [9.17, 15) is 9.59 Å². The molecule has 2 amide bonds. The van der Waals surface area contributed by atoms with Crippen LogP contribution in [-0.2, 0) is 4.79 Å². The monoisotopic (exact) mass is 382 g/mol. The number of hydrogen-bond acceptors (Lipinski definition) is 3. The minimum absolute atomic E-state index is 0.126. The van der Waals surface area contributed by atoms with E-state index in [4.69, 9.17) is 22.1 Å². The minimum Gasteiger partial charge on any atom is -0.483 e. The van der Waals surface area contributed by atoms with Gasteiger partial charge in [0.1, 0.15) is 5.75 Å². The Morgan fingerprint density at radius 3 is 2.64 bits per heavy atom. The second-order valence-electron chi connectivity index (χ2n) is 4.32. The molecule has 0 saturated heterocycles. The van der Waals surface area contributed by atoms with Crippen molar-refractivity contribution in [1.29, 1.82) is 0 Å². The number of para-hydroxylation sites is 1. The number of halogens is 2. The molecule has 22 heavy (non-hydrogen) atoms. The lowest BCUT2D eigenvalue weighted by atomic mass is 10.2. The summed E-state index contributed by atoms with van der Waals surface area (Å²) in [4.78, 5) is 23.2. The molecular formula is C15H12BrClN2O3. The normalized spacial score (nSPS) is 10.1. The summed E-state index contributed by atoms with van der Waals surface area (Å²) in [6.07, 6.45) is 0. The quantitative estimate of drug-likeness (QED) is 0.832. The Morgan fingerprint density at radius 1 is 1.23 bits per heavy atom. The third kappa shape index (κ3) is 4.22.